The van der Waals surface area contributed by atoms with E-state index in [1.807, 2.05) is 0 Å². The van der Waals surface area contributed by atoms with Crippen LogP contribution in [0.15, 0.2) is 18.2 Å². The Balaban J connectivity index is 1.90. The lowest BCUT2D eigenvalue weighted by molar-refractivity contribution is -0.121. The summed E-state index contributed by atoms with van der Waals surface area (Å²) in [6.07, 6.45) is 0.763. The molecule has 9 heteroatoms. The lowest BCUT2D eigenvalue weighted by Crippen LogP contribution is -2.65. The largest absolute Gasteiger partial charge is 0.482 e. The number of carboxylic acid groups (broad SMARTS) is 1. The zero-order chi connectivity index (χ0) is 27.1. The molecule has 0 saturated carbocycles. The molecule has 1 aromatic carbocycles. The van der Waals surface area contributed by atoms with E-state index in [1.165, 1.54) is 0 Å². The SMILES string of the molecule is CC(C)(C)[C@]1(CCN2C(=O)COc3ccc(C#N)cc32)CC[C@@H](O[Si](C)(C)C(C)(C)C)CN1C(=O)O. The molecule has 0 unspecified atom stereocenters. The highest BCUT2D eigenvalue weighted by Gasteiger charge is 2.53. The van der Waals surface area contributed by atoms with Crippen molar-refractivity contribution in [2.24, 2.45) is 5.41 Å². The van der Waals surface area contributed by atoms with Gasteiger partial charge in [0.1, 0.15) is 5.75 Å². The maximum atomic E-state index is 12.9. The molecule has 0 aromatic heterocycles. The fourth-order valence-corrected chi connectivity index (χ4v) is 6.56. The molecule has 2 aliphatic heterocycles. The van der Waals surface area contributed by atoms with Crippen LogP contribution in [0.1, 0.15) is 66.4 Å². The number of benzene rings is 1. The summed E-state index contributed by atoms with van der Waals surface area (Å²) in [7, 11) is -2.06. The van der Waals surface area contributed by atoms with Crippen molar-refractivity contribution in [1.29, 1.82) is 5.26 Å². The Kier molecular flexibility index (Phi) is 7.55. The fourth-order valence-electron chi connectivity index (χ4n) is 5.18. The summed E-state index contributed by atoms with van der Waals surface area (Å²) in [4.78, 5) is 28.8. The van der Waals surface area contributed by atoms with Crippen molar-refractivity contribution < 1.29 is 23.9 Å². The van der Waals surface area contributed by atoms with E-state index in [0.717, 1.165) is 6.42 Å². The highest BCUT2D eigenvalue weighted by molar-refractivity contribution is 6.74. The Morgan fingerprint density at radius 3 is 2.50 bits per heavy atom. The minimum Gasteiger partial charge on any atom is -0.482 e. The number of nitrogens with zero attached hydrogens (tertiary/aromatic N) is 3. The molecule has 2 atom stereocenters. The summed E-state index contributed by atoms with van der Waals surface area (Å²) in [6.45, 7) is 17.7. The first-order valence-corrected chi connectivity index (χ1v) is 15.6. The van der Waals surface area contributed by atoms with E-state index < -0.39 is 19.9 Å². The van der Waals surface area contributed by atoms with Gasteiger partial charge in [0.05, 0.1) is 29.0 Å². The third-order valence-electron chi connectivity index (χ3n) is 8.46. The average Bonchev–Trinajstić information content (AvgIpc) is 2.76. The summed E-state index contributed by atoms with van der Waals surface area (Å²) in [5, 5.41) is 19.8. The van der Waals surface area contributed by atoms with Crippen LogP contribution in [0.3, 0.4) is 0 Å². The molecule has 36 heavy (non-hydrogen) atoms. The number of hydrogen-bond acceptors (Lipinski definition) is 5. The lowest BCUT2D eigenvalue weighted by Gasteiger charge is -2.56. The molecular weight excluding hydrogens is 474 g/mol. The second-order valence-electron chi connectivity index (χ2n) is 12.6. The molecule has 2 heterocycles. The van der Waals surface area contributed by atoms with Gasteiger partial charge in [0.2, 0.25) is 0 Å². The number of anilines is 1. The predicted molar refractivity (Wildman–Crippen MR) is 142 cm³/mol. The summed E-state index contributed by atoms with van der Waals surface area (Å²) < 4.78 is 12.2. The lowest BCUT2D eigenvalue weighted by atomic mass is 9.65. The molecule has 8 nitrogen and oxygen atoms in total. The van der Waals surface area contributed by atoms with Crippen LogP contribution in [-0.2, 0) is 9.22 Å². The van der Waals surface area contributed by atoms with Gasteiger partial charge in [0.15, 0.2) is 14.9 Å². The predicted octanol–water partition coefficient (Wildman–Crippen LogP) is 5.62. The van der Waals surface area contributed by atoms with Gasteiger partial charge in [-0.15, -0.1) is 0 Å². The van der Waals surface area contributed by atoms with Crippen LogP contribution in [0.5, 0.6) is 5.75 Å². The van der Waals surface area contributed by atoms with E-state index in [2.05, 4.69) is 60.7 Å². The van der Waals surface area contributed by atoms with Crippen LogP contribution < -0.4 is 9.64 Å². The summed E-state index contributed by atoms with van der Waals surface area (Å²) in [5.74, 6) is 0.360. The normalized spacial score (nSPS) is 23.1. The Bertz CT molecular complexity index is 1050. The minimum atomic E-state index is -2.06. The number of nitriles is 1. The topological polar surface area (TPSA) is 103 Å². The zero-order valence-electron chi connectivity index (χ0n) is 23.0. The fraction of sp³-hybridized carbons (Fsp3) is 0.667. The minimum absolute atomic E-state index is 0.0337. The number of ether oxygens (including phenoxy) is 1. The first-order chi connectivity index (χ1) is 16.5. The van der Waals surface area contributed by atoms with Crippen molar-refractivity contribution in [1.82, 2.24) is 4.90 Å². The number of piperidine rings is 1. The number of likely N-dealkylation sites (tertiary alicyclic amines) is 1. The summed E-state index contributed by atoms with van der Waals surface area (Å²) in [6, 6.07) is 7.15. The summed E-state index contributed by atoms with van der Waals surface area (Å²) >= 11 is 0. The van der Waals surface area contributed by atoms with Gasteiger partial charge in [-0.3, -0.25) is 9.69 Å². The van der Waals surface area contributed by atoms with Gasteiger partial charge >= 0.3 is 6.09 Å². The number of fused-ring (bicyclic) bond motifs is 1. The van der Waals surface area contributed by atoms with E-state index >= 15 is 0 Å². The van der Waals surface area contributed by atoms with Crippen molar-refractivity contribution in [2.45, 2.75) is 90.6 Å². The molecule has 3 rings (SSSR count). The third kappa shape index (κ3) is 5.25. The molecular formula is C27H41N3O5Si. The molecule has 2 amide bonds. The molecule has 0 bridgehead atoms. The molecule has 0 aliphatic carbocycles. The molecule has 1 N–H and O–H groups in total. The number of rotatable bonds is 5. The Labute approximate surface area is 216 Å². The smallest absolute Gasteiger partial charge is 0.407 e. The van der Waals surface area contributed by atoms with Crippen molar-refractivity contribution in [3.8, 4) is 11.8 Å². The van der Waals surface area contributed by atoms with Crippen molar-refractivity contribution in [3.05, 3.63) is 23.8 Å². The second kappa shape index (κ2) is 9.71. The van der Waals surface area contributed by atoms with Crippen LogP contribution >= 0.6 is 0 Å². The quantitative estimate of drug-likeness (QED) is 0.510. The van der Waals surface area contributed by atoms with Gasteiger partial charge < -0.3 is 19.2 Å². The molecule has 198 valence electrons. The Morgan fingerprint density at radius 2 is 1.94 bits per heavy atom. The number of carbonyl (C=O) groups is 2. The van der Waals surface area contributed by atoms with Crippen molar-refractivity contribution in [2.75, 3.05) is 24.6 Å². The number of carbonyl (C=O) groups excluding carboxylic acids is 1. The molecule has 0 spiro atoms. The maximum absolute atomic E-state index is 12.9. The maximum Gasteiger partial charge on any atom is 0.407 e. The Hall–Kier alpha value is -2.57. The van der Waals surface area contributed by atoms with Gasteiger partial charge in [-0.2, -0.15) is 5.26 Å². The van der Waals surface area contributed by atoms with Gasteiger partial charge in [-0.05, 0) is 61.0 Å². The van der Waals surface area contributed by atoms with Gasteiger partial charge in [-0.1, -0.05) is 41.5 Å². The average molecular weight is 516 g/mol. The van der Waals surface area contributed by atoms with Gasteiger partial charge in [0, 0.05) is 13.1 Å². The van der Waals surface area contributed by atoms with Crippen LogP contribution in [0.4, 0.5) is 10.5 Å². The summed E-state index contributed by atoms with van der Waals surface area (Å²) in [5.41, 5.74) is -0.0539. The molecule has 0 radical (unpaired) electrons. The van der Waals surface area contributed by atoms with E-state index in [-0.39, 0.29) is 29.1 Å². The highest BCUT2D eigenvalue weighted by atomic mass is 28.4. The molecule has 1 aromatic rings. The van der Waals surface area contributed by atoms with Crippen LogP contribution in [0.2, 0.25) is 18.1 Å². The first-order valence-electron chi connectivity index (χ1n) is 12.7. The van der Waals surface area contributed by atoms with Gasteiger partial charge in [-0.25, -0.2) is 4.79 Å². The molecule has 1 fully saturated rings. The second-order valence-corrected chi connectivity index (χ2v) is 17.3. The number of amides is 2. The monoisotopic (exact) mass is 515 g/mol. The van der Waals surface area contributed by atoms with Crippen LogP contribution in [-0.4, -0.2) is 61.7 Å². The van der Waals surface area contributed by atoms with E-state index in [9.17, 15) is 20.0 Å². The highest BCUT2D eigenvalue weighted by Crippen LogP contribution is 2.47. The van der Waals surface area contributed by atoms with Crippen LogP contribution in [0.25, 0.3) is 0 Å². The van der Waals surface area contributed by atoms with Crippen LogP contribution in [0, 0.1) is 16.7 Å². The van der Waals surface area contributed by atoms with E-state index in [4.69, 9.17) is 9.16 Å². The van der Waals surface area contributed by atoms with Crippen molar-refractivity contribution in [3.63, 3.8) is 0 Å². The first kappa shape index (κ1) is 28.0. The Morgan fingerprint density at radius 1 is 1.28 bits per heavy atom. The van der Waals surface area contributed by atoms with E-state index in [0.29, 0.717) is 42.9 Å². The third-order valence-corrected chi connectivity index (χ3v) is 13.0. The molecule has 2 aliphatic rings. The van der Waals surface area contributed by atoms with Crippen molar-refractivity contribution >= 4 is 26.0 Å². The van der Waals surface area contributed by atoms with Gasteiger partial charge in [0.25, 0.3) is 5.91 Å². The standard InChI is InChI=1S/C27H41N3O5Si/c1-25(2,3)27(12-11-20(17-30(27)24(32)33)35-36(7,8)26(4,5)6)13-14-29-21-15-19(16-28)9-10-22(21)34-18-23(29)31/h9-10,15,20H,11-14,17-18H2,1-8H3,(H,32,33)/t20-,27-/m1/s1. The molecule has 1 saturated heterocycles. The van der Waals surface area contributed by atoms with E-state index in [1.54, 1.807) is 28.0 Å². The zero-order valence-corrected chi connectivity index (χ0v) is 24.0. The number of hydrogen-bond donors (Lipinski definition) is 1.